The van der Waals surface area contributed by atoms with Gasteiger partial charge < -0.3 is 14.6 Å². The van der Waals surface area contributed by atoms with Crippen molar-refractivity contribution in [3.63, 3.8) is 0 Å². The molecule has 1 aliphatic rings. The molecule has 0 spiro atoms. The number of hydrogen-bond donors (Lipinski definition) is 1. The molecule has 0 aromatic carbocycles. The molecule has 1 aromatic heterocycles. The van der Waals surface area contributed by atoms with Gasteiger partial charge in [0.25, 0.3) is 5.56 Å². The van der Waals surface area contributed by atoms with Crippen LogP contribution in [0.2, 0.25) is 0 Å². The van der Waals surface area contributed by atoms with Crippen molar-refractivity contribution in [2.75, 3.05) is 19.6 Å². The average molecular weight is 236 g/mol. The molecule has 1 N–H and O–H groups in total. The van der Waals surface area contributed by atoms with Crippen molar-refractivity contribution in [2.24, 2.45) is 5.92 Å². The lowest BCUT2D eigenvalue weighted by molar-refractivity contribution is 0.127. The highest BCUT2D eigenvalue weighted by atomic mass is 16.3. The monoisotopic (exact) mass is 236 g/mol. The van der Waals surface area contributed by atoms with E-state index in [-0.39, 0.29) is 11.7 Å². The Morgan fingerprint density at radius 3 is 2.94 bits per heavy atom. The zero-order chi connectivity index (χ0) is 12.3. The third-order valence-corrected chi connectivity index (χ3v) is 3.55. The lowest BCUT2D eigenvalue weighted by Gasteiger charge is -2.17. The first kappa shape index (κ1) is 12.3. The van der Waals surface area contributed by atoms with Crippen molar-refractivity contribution >= 4 is 0 Å². The van der Waals surface area contributed by atoms with Gasteiger partial charge >= 0.3 is 0 Å². The van der Waals surface area contributed by atoms with Gasteiger partial charge in [0, 0.05) is 31.9 Å². The third kappa shape index (κ3) is 3.17. The molecule has 0 saturated carbocycles. The Hall–Kier alpha value is -1.13. The second-order valence-corrected chi connectivity index (χ2v) is 4.82. The fraction of sp³-hybridized carbons (Fsp3) is 0.615. The van der Waals surface area contributed by atoms with Crippen molar-refractivity contribution in [1.29, 1.82) is 0 Å². The fourth-order valence-corrected chi connectivity index (χ4v) is 2.35. The van der Waals surface area contributed by atoms with Crippen LogP contribution in [0, 0.1) is 5.92 Å². The van der Waals surface area contributed by atoms with Crippen molar-refractivity contribution in [3.05, 3.63) is 34.7 Å². The zero-order valence-electron chi connectivity index (χ0n) is 10.2. The normalized spacial score (nSPS) is 22.8. The second kappa shape index (κ2) is 5.47. The summed E-state index contributed by atoms with van der Waals surface area (Å²) in [6, 6.07) is 5.23. The van der Waals surface area contributed by atoms with E-state index in [9.17, 15) is 9.90 Å². The minimum absolute atomic E-state index is 0.0544. The highest BCUT2D eigenvalue weighted by Crippen LogP contribution is 2.19. The van der Waals surface area contributed by atoms with E-state index in [0.717, 1.165) is 32.6 Å². The van der Waals surface area contributed by atoms with Gasteiger partial charge in [-0.25, -0.2) is 0 Å². The number of aliphatic hydroxyl groups excluding tert-OH is 1. The molecule has 2 atom stereocenters. The molecule has 2 unspecified atom stereocenters. The number of aliphatic hydroxyl groups is 1. The molecular formula is C13H20N2O2. The van der Waals surface area contributed by atoms with Crippen molar-refractivity contribution < 1.29 is 5.11 Å². The van der Waals surface area contributed by atoms with Crippen LogP contribution in [0.1, 0.15) is 13.3 Å². The van der Waals surface area contributed by atoms with E-state index in [2.05, 4.69) is 4.90 Å². The third-order valence-electron chi connectivity index (χ3n) is 3.55. The summed E-state index contributed by atoms with van der Waals surface area (Å²) in [6.45, 7) is 5.44. The Morgan fingerprint density at radius 2 is 2.29 bits per heavy atom. The zero-order valence-corrected chi connectivity index (χ0v) is 10.2. The van der Waals surface area contributed by atoms with E-state index >= 15 is 0 Å². The molecule has 0 bridgehead atoms. The Balaban J connectivity index is 1.84. The van der Waals surface area contributed by atoms with E-state index in [4.69, 9.17) is 0 Å². The quantitative estimate of drug-likeness (QED) is 0.830. The number of hydrogen-bond acceptors (Lipinski definition) is 3. The van der Waals surface area contributed by atoms with Gasteiger partial charge in [0.05, 0.1) is 6.10 Å². The minimum Gasteiger partial charge on any atom is -0.393 e. The summed E-state index contributed by atoms with van der Waals surface area (Å²) in [7, 11) is 0. The van der Waals surface area contributed by atoms with Crippen LogP contribution in [0.25, 0.3) is 0 Å². The number of likely N-dealkylation sites (tertiary alicyclic amines) is 1. The van der Waals surface area contributed by atoms with E-state index in [1.54, 1.807) is 16.7 Å². The van der Waals surface area contributed by atoms with Crippen LogP contribution in [0.4, 0.5) is 0 Å². The van der Waals surface area contributed by atoms with Gasteiger partial charge in [0.2, 0.25) is 0 Å². The first-order valence-corrected chi connectivity index (χ1v) is 6.22. The predicted octanol–water partition coefficient (Wildman–Crippen LogP) is 0.551. The van der Waals surface area contributed by atoms with Gasteiger partial charge in [-0.3, -0.25) is 4.79 Å². The van der Waals surface area contributed by atoms with Gasteiger partial charge in [0.1, 0.15) is 0 Å². The molecule has 1 aromatic rings. The summed E-state index contributed by atoms with van der Waals surface area (Å²) in [4.78, 5) is 13.8. The topological polar surface area (TPSA) is 45.5 Å². The summed E-state index contributed by atoms with van der Waals surface area (Å²) < 4.78 is 1.73. The Kier molecular flexibility index (Phi) is 3.97. The van der Waals surface area contributed by atoms with Crippen LogP contribution in [0.15, 0.2) is 29.2 Å². The van der Waals surface area contributed by atoms with Gasteiger partial charge in [-0.2, -0.15) is 0 Å². The average Bonchev–Trinajstić information content (AvgIpc) is 2.77. The number of pyridine rings is 1. The minimum atomic E-state index is -0.223. The van der Waals surface area contributed by atoms with Crippen LogP contribution in [-0.4, -0.2) is 40.3 Å². The number of aromatic nitrogens is 1. The molecule has 0 radical (unpaired) electrons. The van der Waals surface area contributed by atoms with Crippen molar-refractivity contribution in [2.45, 2.75) is 26.0 Å². The lowest BCUT2D eigenvalue weighted by atomic mass is 10.0. The van der Waals surface area contributed by atoms with E-state index in [1.165, 1.54) is 0 Å². The summed E-state index contributed by atoms with van der Waals surface area (Å²) >= 11 is 0. The van der Waals surface area contributed by atoms with Crippen LogP contribution in [-0.2, 0) is 6.54 Å². The molecule has 1 fully saturated rings. The highest BCUT2D eigenvalue weighted by Gasteiger charge is 2.25. The Morgan fingerprint density at radius 1 is 1.47 bits per heavy atom. The second-order valence-electron chi connectivity index (χ2n) is 4.82. The van der Waals surface area contributed by atoms with Crippen LogP contribution >= 0.6 is 0 Å². The first-order valence-electron chi connectivity index (χ1n) is 6.22. The van der Waals surface area contributed by atoms with Crippen LogP contribution < -0.4 is 5.56 Å². The molecule has 0 aliphatic carbocycles. The predicted molar refractivity (Wildman–Crippen MR) is 66.9 cm³/mol. The molecule has 1 aliphatic heterocycles. The maximum atomic E-state index is 11.5. The van der Waals surface area contributed by atoms with Gasteiger partial charge in [0.15, 0.2) is 0 Å². The van der Waals surface area contributed by atoms with Crippen molar-refractivity contribution in [1.82, 2.24) is 9.47 Å². The molecule has 4 heteroatoms. The maximum Gasteiger partial charge on any atom is 0.250 e. The summed E-state index contributed by atoms with van der Waals surface area (Å²) in [5.74, 6) is 0.391. The lowest BCUT2D eigenvalue weighted by Crippen LogP contribution is -2.30. The molecular weight excluding hydrogens is 216 g/mol. The van der Waals surface area contributed by atoms with E-state index in [1.807, 2.05) is 19.2 Å². The van der Waals surface area contributed by atoms with Gasteiger partial charge in [-0.05, 0) is 31.9 Å². The summed E-state index contributed by atoms with van der Waals surface area (Å²) in [6.07, 6.45) is 2.66. The van der Waals surface area contributed by atoms with Crippen LogP contribution in [0.5, 0.6) is 0 Å². The molecule has 2 rings (SSSR count). The van der Waals surface area contributed by atoms with E-state index < -0.39 is 0 Å². The highest BCUT2D eigenvalue weighted by molar-refractivity contribution is 4.93. The SMILES string of the molecule is CC(O)C1CCN(CCn2ccccc2=O)C1. The van der Waals surface area contributed by atoms with Crippen molar-refractivity contribution in [3.8, 4) is 0 Å². The first-order chi connectivity index (χ1) is 8.16. The molecule has 94 valence electrons. The smallest absolute Gasteiger partial charge is 0.250 e. The Labute approximate surface area is 101 Å². The Bertz CT molecular complexity index is 414. The largest absolute Gasteiger partial charge is 0.393 e. The van der Waals surface area contributed by atoms with Gasteiger partial charge in [-0.15, -0.1) is 0 Å². The molecule has 0 amide bonds. The number of rotatable bonds is 4. The molecule has 1 saturated heterocycles. The van der Waals surface area contributed by atoms with Crippen LogP contribution in [0.3, 0.4) is 0 Å². The number of nitrogens with zero attached hydrogens (tertiary/aromatic N) is 2. The summed E-state index contributed by atoms with van der Waals surface area (Å²) in [5.41, 5.74) is 0.0544. The molecule has 2 heterocycles. The molecule has 17 heavy (non-hydrogen) atoms. The maximum absolute atomic E-state index is 11.5. The standard InChI is InChI=1S/C13H20N2O2/c1-11(16)12-5-7-14(10-12)8-9-15-6-3-2-4-13(15)17/h2-4,6,11-12,16H,5,7-10H2,1H3. The fourth-order valence-electron chi connectivity index (χ4n) is 2.35. The van der Waals surface area contributed by atoms with Gasteiger partial charge in [-0.1, -0.05) is 6.07 Å². The molecule has 4 nitrogen and oxygen atoms in total. The van der Waals surface area contributed by atoms with E-state index in [0.29, 0.717) is 5.92 Å². The summed E-state index contributed by atoms with van der Waals surface area (Å²) in [5, 5.41) is 9.52.